The molecule has 1 aromatic heterocycles. The molecule has 1 aromatic carbocycles. The van der Waals surface area contributed by atoms with Gasteiger partial charge in [-0.05, 0) is 30.0 Å². The predicted octanol–water partition coefficient (Wildman–Crippen LogP) is -1.58. The van der Waals surface area contributed by atoms with Gasteiger partial charge in [0.05, 0.1) is 19.0 Å². The van der Waals surface area contributed by atoms with E-state index in [9.17, 15) is 29.4 Å². The van der Waals surface area contributed by atoms with Gasteiger partial charge in [-0.25, -0.2) is 9.78 Å². The lowest BCUT2D eigenvalue weighted by Crippen LogP contribution is -2.59. The molecule has 0 aliphatic carbocycles. The molecule has 0 radical (unpaired) electrons. The highest BCUT2D eigenvalue weighted by atomic mass is 16.4. The van der Waals surface area contributed by atoms with Gasteiger partial charge >= 0.3 is 5.97 Å². The van der Waals surface area contributed by atoms with Crippen molar-refractivity contribution in [2.75, 3.05) is 6.61 Å². The third-order valence-corrected chi connectivity index (χ3v) is 5.38. The van der Waals surface area contributed by atoms with Crippen molar-refractivity contribution in [2.45, 2.75) is 50.9 Å². The number of carbonyl (C=O) groups excluding carboxylic acids is 3. The summed E-state index contributed by atoms with van der Waals surface area (Å²) in [5.41, 5.74) is 7.28. The number of aromatic hydroxyl groups is 1. The molecule has 13 heteroatoms. The number of hydrogen-bond acceptors (Lipinski definition) is 8. The van der Waals surface area contributed by atoms with Gasteiger partial charge in [-0.3, -0.25) is 14.4 Å². The lowest BCUT2D eigenvalue weighted by atomic mass is 10.0. The number of carboxylic acids is 1. The van der Waals surface area contributed by atoms with Gasteiger partial charge in [0.1, 0.15) is 23.9 Å². The lowest BCUT2D eigenvalue weighted by Gasteiger charge is -2.26. The van der Waals surface area contributed by atoms with Crippen LogP contribution in [0.2, 0.25) is 0 Å². The normalized spacial score (nSPS) is 14.4. The third-order valence-electron chi connectivity index (χ3n) is 5.38. The number of nitrogens with one attached hydrogen (secondary N) is 4. The molecule has 4 atom stereocenters. The molecule has 9 N–H and O–H groups in total. The summed E-state index contributed by atoms with van der Waals surface area (Å²) >= 11 is 0. The zero-order valence-electron chi connectivity index (χ0n) is 20.0. The highest BCUT2D eigenvalue weighted by Gasteiger charge is 2.32. The molecule has 0 saturated heterocycles. The first-order valence-corrected chi connectivity index (χ1v) is 11.3. The number of H-pyrrole nitrogens is 1. The van der Waals surface area contributed by atoms with Crippen LogP contribution in [0.15, 0.2) is 36.8 Å². The molecular formula is C23H32N6O7. The Balaban J connectivity index is 2.14. The Bertz CT molecular complexity index is 1030. The first-order chi connectivity index (χ1) is 17.0. The molecule has 2 rings (SSSR count). The summed E-state index contributed by atoms with van der Waals surface area (Å²) in [5.74, 6) is -3.89. The minimum absolute atomic E-state index is 0.0182. The number of aromatic amines is 1. The number of carboxylic acid groups (broad SMARTS) is 1. The average Bonchev–Trinajstić information content (AvgIpc) is 3.34. The van der Waals surface area contributed by atoms with E-state index in [0.717, 1.165) is 0 Å². The van der Waals surface area contributed by atoms with Crippen LogP contribution in [0.25, 0.3) is 0 Å². The Hall–Kier alpha value is -3.97. The fourth-order valence-electron chi connectivity index (χ4n) is 3.32. The monoisotopic (exact) mass is 504 g/mol. The van der Waals surface area contributed by atoms with Crippen molar-refractivity contribution in [2.24, 2.45) is 11.7 Å². The molecule has 2 aromatic rings. The molecule has 3 amide bonds. The largest absolute Gasteiger partial charge is 0.508 e. The molecule has 0 fully saturated rings. The predicted molar refractivity (Wildman–Crippen MR) is 127 cm³/mol. The second-order valence-corrected chi connectivity index (χ2v) is 8.63. The van der Waals surface area contributed by atoms with E-state index in [4.69, 9.17) is 10.8 Å². The third kappa shape index (κ3) is 8.36. The highest BCUT2D eigenvalue weighted by molar-refractivity contribution is 5.94. The van der Waals surface area contributed by atoms with Gasteiger partial charge in [0.2, 0.25) is 17.7 Å². The molecule has 4 unspecified atom stereocenters. The molecule has 13 nitrogen and oxygen atoms in total. The zero-order chi connectivity index (χ0) is 26.8. The number of imidazole rings is 1. The van der Waals surface area contributed by atoms with E-state index < -0.39 is 60.4 Å². The zero-order valence-corrected chi connectivity index (χ0v) is 20.0. The van der Waals surface area contributed by atoms with Gasteiger partial charge in [-0.15, -0.1) is 0 Å². The number of rotatable bonds is 13. The fourth-order valence-corrected chi connectivity index (χ4v) is 3.32. The van der Waals surface area contributed by atoms with Crippen molar-refractivity contribution in [1.29, 1.82) is 0 Å². The summed E-state index contributed by atoms with van der Waals surface area (Å²) in [4.78, 5) is 56.5. The van der Waals surface area contributed by atoms with Gasteiger partial charge in [0.25, 0.3) is 0 Å². The molecule has 0 bridgehead atoms. The molecule has 0 aliphatic heterocycles. The van der Waals surface area contributed by atoms with Gasteiger partial charge in [0, 0.05) is 18.3 Å². The van der Waals surface area contributed by atoms with Crippen molar-refractivity contribution in [3.8, 4) is 5.75 Å². The number of aromatic nitrogens is 2. The highest BCUT2D eigenvalue weighted by Crippen LogP contribution is 2.11. The Kier molecular flexibility index (Phi) is 10.4. The number of aliphatic hydroxyl groups excluding tert-OH is 1. The first kappa shape index (κ1) is 28.3. The maximum atomic E-state index is 13.2. The molecule has 0 spiro atoms. The molecular weight excluding hydrogens is 472 g/mol. The van der Waals surface area contributed by atoms with Crippen LogP contribution in [0.3, 0.4) is 0 Å². The van der Waals surface area contributed by atoms with Crippen LogP contribution >= 0.6 is 0 Å². The van der Waals surface area contributed by atoms with Crippen molar-refractivity contribution < 1.29 is 34.5 Å². The topological polar surface area (TPSA) is 220 Å². The number of aliphatic hydroxyl groups is 1. The minimum atomic E-state index is -1.53. The van der Waals surface area contributed by atoms with Crippen LogP contribution < -0.4 is 21.7 Å². The first-order valence-electron chi connectivity index (χ1n) is 11.3. The molecule has 0 aliphatic rings. The summed E-state index contributed by atoms with van der Waals surface area (Å²) in [6, 6.07) is 1.38. The molecule has 196 valence electrons. The van der Waals surface area contributed by atoms with Gasteiger partial charge < -0.3 is 42.0 Å². The Labute approximate surface area is 207 Å². The number of carbonyl (C=O) groups is 4. The minimum Gasteiger partial charge on any atom is -0.508 e. The fraction of sp³-hybridized carbons (Fsp3) is 0.435. The molecule has 1 heterocycles. The van der Waals surface area contributed by atoms with E-state index in [1.54, 1.807) is 26.0 Å². The van der Waals surface area contributed by atoms with Crippen molar-refractivity contribution in [3.63, 3.8) is 0 Å². The van der Waals surface area contributed by atoms with Crippen LogP contribution in [0.1, 0.15) is 25.1 Å². The second-order valence-electron chi connectivity index (χ2n) is 8.63. The smallest absolute Gasteiger partial charge is 0.328 e. The van der Waals surface area contributed by atoms with E-state index in [-0.39, 0.29) is 18.6 Å². The Morgan fingerprint density at radius 2 is 1.61 bits per heavy atom. The van der Waals surface area contributed by atoms with E-state index in [2.05, 4.69) is 25.9 Å². The van der Waals surface area contributed by atoms with E-state index in [1.165, 1.54) is 24.7 Å². The van der Waals surface area contributed by atoms with Crippen LogP contribution in [0.4, 0.5) is 0 Å². The van der Waals surface area contributed by atoms with Gasteiger partial charge in [0.15, 0.2) is 0 Å². The maximum Gasteiger partial charge on any atom is 0.328 e. The Morgan fingerprint density at radius 1 is 0.972 bits per heavy atom. The van der Waals surface area contributed by atoms with E-state index >= 15 is 0 Å². The quantitative estimate of drug-likeness (QED) is 0.157. The lowest BCUT2D eigenvalue weighted by molar-refractivity contribution is -0.143. The number of phenolic OH excluding ortho intramolecular Hbond substituents is 1. The SMILES string of the molecule is CC(C)C(NC(=O)C(Cc1cnc[nH]1)NC(=O)C(N)Cc1ccc(O)cc1)C(=O)NC(CO)C(=O)O. The number of nitrogens with zero attached hydrogens (tertiary/aromatic N) is 1. The Morgan fingerprint density at radius 3 is 2.14 bits per heavy atom. The average molecular weight is 505 g/mol. The molecule has 36 heavy (non-hydrogen) atoms. The summed E-state index contributed by atoms with van der Waals surface area (Å²) < 4.78 is 0. The van der Waals surface area contributed by atoms with Crippen LogP contribution in [-0.4, -0.2) is 79.8 Å². The van der Waals surface area contributed by atoms with Crippen molar-refractivity contribution in [1.82, 2.24) is 25.9 Å². The van der Waals surface area contributed by atoms with Crippen LogP contribution in [-0.2, 0) is 32.0 Å². The second kappa shape index (κ2) is 13.2. The maximum absolute atomic E-state index is 13.2. The van der Waals surface area contributed by atoms with Crippen LogP contribution in [0.5, 0.6) is 5.75 Å². The number of phenols is 1. The van der Waals surface area contributed by atoms with Gasteiger partial charge in [-0.1, -0.05) is 26.0 Å². The van der Waals surface area contributed by atoms with Gasteiger partial charge in [-0.2, -0.15) is 0 Å². The summed E-state index contributed by atoms with van der Waals surface area (Å²) in [6.07, 6.45) is 3.06. The van der Waals surface area contributed by atoms with Crippen molar-refractivity contribution >= 4 is 23.7 Å². The molecule has 0 saturated carbocycles. The van der Waals surface area contributed by atoms with E-state index in [0.29, 0.717) is 11.3 Å². The number of nitrogens with two attached hydrogens (primary N) is 1. The van der Waals surface area contributed by atoms with E-state index in [1.807, 2.05) is 0 Å². The number of amides is 3. The van der Waals surface area contributed by atoms with Crippen molar-refractivity contribution in [3.05, 3.63) is 48.0 Å². The summed E-state index contributed by atoms with van der Waals surface area (Å²) in [6.45, 7) is 2.47. The summed E-state index contributed by atoms with van der Waals surface area (Å²) in [5, 5.41) is 35.0. The number of aliphatic carboxylic acids is 1. The number of hydrogen-bond donors (Lipinski definition) is 8. The number of benzene rings is 1. The standard InChI is InChI=1S/C23H32N6O7/c1-12(2)19(22(34)28-18(10-30)23(35)36)29-21(33)17(8-14-9-25-11-26-14)27-20(32)16(24)7-13-3-5-15(31)6-4-13/h3-6,9,11-12,16-19,30-31H,7-8,10,24H2,1-2H3,(H,25,26)(H,27,32)(H,28,34)(H,29,33)(H,35,36). The van der Waals surface area contributed by atoms with Crippen LogP contribution in [0, 0.1) is 5.92 Å². The summed E-state index contributed by atoms with van der Waals surface area (Å²) in [7, 11) is 0.